The van der Waals surface area contributed by atoms with Crippen LogP contribution in [0.2, 0.25) is 0 Å². The Morgan fingerprint density at radius 1 is 1.06 bits per heavy atom. The topological polar surface area (TPSA) is 113 Å². The van der Waals surface area contributed by atoms with Gasteiger partial charge in [-0.3, -0.25) is 4.79 Å². The van der Waals surface area contributed by atoms with Crippen molar-refractivity contribution >= 4 is 34.3 Å². The predicted molar refractivity (Wildman–Crippen MR) is 121 cm³/mol. The number of nitrogens with one attached hydrogen (secondary N) is 2. The highest BCUT2D eigenvalue weighted by Crippen LogP contribution is 2.24. The zero-order chi connectivity index (χ0) is 23.4. The first-order chi connectivity index (χ1) is 16.0. The SMILES string of the molecule is COc1ccc(C(=O)Nc2ccc(F)c(CNc3ncnc4c(C(=O)O)cccc34)c2)cc1. The lowest BCUT2D eigenvalue weighted by Crippen LogP contribution is -2.12. The quantitative estimate of drug-likeness (QED) is 0.387. The number of carbonyl (C=O) groups is 2. The zero-order valence-electron chi connectivity index (χ0n) is 17.5. The Kier molecular flexibility index (Phi) is 6.12. The first-order valence-electron chi connectivity index (χ1n) is 9.91. The predicted octanol–water partition coefficient (Wildman–Crippen LogP) is 4.34. The van der Waals surface area contributed by atoms with E-state index in [4.69, 9.17) is 4.74 Å². The fraction of sp³-hybridized carbons (Fsp3) is 0.0833. The Bertz CT molecular complexity index is 1340. The van der Waals surface area contributed by atoms with Crippen molar-refractivity contribution < 1.29 is 23.8 Å². The number of halogens is 1. The van der Waals surface area contributed by atoms with E-state index in [1.165, 1.54) is 30.6 Å². The third-order valence-corrected chi connectivity index (χ3v) is 5.00. The summed E-state index contributed by atoms with van der Waals surface area (Å²) < 4.78 is 19.5. The van der Waals surface area contributed by atoms with Crippen molar-refractivity contribution in [2.75, 3.05) is 17.7 Å². The Labute approximate surface area is 188 Å². The first kappa shape index (κ1) is 21.7. The minimum atomic E-state index is -1.10. The van der Waals surface area contributed by atoms with Gasteiger partial charge in [-0.05, 0) is 54.6 Å². The van der Waals surface area contributed by atoms with Crippen molar-refractivity contribution in [2.45, 2.75) is 6.54 Å². The number of aromatic nitrogens is 2. The van der Waals surface area contributed by atoms with E-state index in [-0.39, 0.29) is 23.5 Å². The average molecular weight is 446 g/mol. The summed E-state index contributed by atoms with van der Waals surface area (Å²) in [5.41, 5.74) is 1.48. The number of carbonyl (C=O) groups excluding carboxylic acids is 1. The summed E-state index contributed by atoms with van der Waals surface area (Å²) in [6, 6.07) is 15.6. The molecule has 1 aromatic heterocycles. The monoisotopic (exact) mass is 446 g/mol. The number of aromatic carboxylic acids is 1. The van der Waals surface area contributed by atoms with Crippen LogP contribution in [0.4, 0.5) is 15.9 Å². The van der Waals surface area contributed by atoms with Crippen molar-refractivity contribution in [1.29, 1.82) is 0 Å². The summed E-state index contributed by atoms with van der Waals surface area (Å²) in [5.74, 6) is -0.901. The van der Waals surface area contributed by atoms with Crippen LogP contribution in [-0.4, -0.2) is 34.1 Å². The zero-order valence-corrected chi connectivity index (χ0v) is 17.5. The minimum Gasteiger partial charge on any atom is -0.497 e. The molecular formula is C24H19FN4O4. The van der Waals surface area contributed by atoms with E-state index in [0.717, 1.165) is 0 Å². The molecule has 1 amide bonds. The van der Waals surface area contributed by atoms with Crippen LogP contribution in [0.3, 0.4) is 0 Å². The number of methoxy groups -OCH3 is 1. The van der Waals surface area contributed by atoms with Gasteiger partial charge in [-0.25, -0.2) is 19.2 Å². The molecule has 0 radical (unpaired) electrons. The third-order valence-electron chi connectivity index (χ3n) is 5.00. The van der Waals surface area contributed by atoms with Gasteiger partial charge in [0.1, 0.15) is 23.7 Å². The van der Waals surface area contributed by atoms with Gasteiger partial charge in [0.05, 0.1) is 18.2 Å². The average Bonchev–Trinajstić information content (AvgIpc) is 2.83. The molecule has 1 heterocycles. The number of nitrogens with zero attached hydrogens (tertiary/aromatic N) is 2. The maximum absolute atomic E-state index is 14.4. The summed E-state index contributed by atoms with van der Waals surface area (Å²) in [5, 5.41) is 15.6. The summed E-state index contributed by atoms with van der Waals surface area (Å²) in [7, 11) is 1.54. The second-order valence-corrected chi connectivity index (χ2v) is 7.07. The molecule has 0 spiro atoms. The van der Waals surface area contributed by atoms with E-state index in [2.05, 4.69) is 20.6 Å². The van der Waals surface area contributed by atoms with Gasteiger partial charge in [0.15, 0.2) is 0 Å². The van der Waals surface area contributed by atoms with Crippen LogP contribution in [0.25, 0.3) is 10.9 Å². The molecule has 3 N–H and O–H groups in total. The van der Waals surface area contributed by atoms with Crippen LogP contribution >= 0.6 is 0 Å². The molecule has 4 aromatic rings. The molecule has 0 atom stereocenters. The fourth-order valence-electron chi connectivity index (χ4n) is 3.31. The number of hydrogen-bond donors (Lipinski definition) is 3. The van der Waals surface area contributed by atoms with Gasteiger partial charge in [-0.1, -0.05) is 6.07 Å². The number of fused-ring (bicyclic) bond motifs is 1. The molecule has 8 nitrogen and oxygen atoms in total. The lowest BCUT2D eigenvalue weighted by atomic mass is 10.1. The van der Waals surface area contributed by atoms with Gasteiger partial charge >= 0.3 is 5.97 Å². The fourth-order valence-corrected chi connectivity index (χ4v) is 3.31. The van der Waals surface area contributed by atoms with E-state index >= 15 is 0 Å². The van der Waals surface area contributed by atoms with E-state index in [0.29, 0.717) is 33.8 Å². The molecule has 0 aliphatic rings. The van der Waals surface area contributed by atoms with E-state index in [1.54, 1.807) is 43.5 Å². The highest BCUT2D eigenvalue weighted by Gasteiger charge is 2.13. The maximum Gasteiger partial charge on any atom is 0.337 e. The standard InChI is InChI=1S/C24H19FN4O4/c1-33-17-8-5-14(6-9-17)23(30)29-16-7-10-20(25)15(11-16)12-26-22-18-3-2-4-19(24(31)32)21(18)27-13-28-22/h2-11,13H,12H2,1H3,(H,29,30)(H,31,32)(H,26,27,28). The van der Waals surface area contributed by atoms with Crippen molar-refractivity contribution in [2.24, 2.45) is 0 Å². The highest BCUT2D eigenvalue weighted by atomic mass is 19.1. The number of rotatable bonds is 7. The summed E-state index contributed by atoms with van der Waals surface area (Å²) in [4.78, 5) is 32.2. The molecule has 0 saturated carbocycles. The van der Waals surface area contributed by atoms with E-state index in [1.807, 2.05) is 0 Å². The van der Waals surface area contributed by atoms with Gasteiger partial charge in [0.25, 0.3) is 5.91 Å². The summed E-state index contributed by atoms with van der Waals surface area (Å²) in [6.07, 6.45) is 1.25. The number of para-hydroxylation sites is 1. The molecule has 0 saturated heterocycles. The molecule has 0 fully saturated rings. The molecule has 9 heteroatoms. The largest absolute Gasteiger partial charge is 0.497 e. The number of carboxylic acids is 1. The van der Waals surface area contributed by atoms with Gasteiger partial charge in [-0.15, -0.1) is 0 Å². The molecule has 0 aliphatic heterocycles. The van der Waals surface area contributed by atoms with Crippen molar-refractivity contribution in [3.8, 4) is 5.75 Å². The van der Waals surface area contributed by atoms with Crippen molar-refractivity contribution in [1.82, 2.24) is 9.97 Å². The number of ether oxygens (including phenoxy) is 1. The highest BCUT2D eigenvalue weighted by molar-refractivity contribution is 6.05. The van der Waals surface area contributed by atoms with Gasteiger partial charge < -0.3 is 20.5 Å². The smallest absolute Gasteiger partial charge is 0.337 e. The molecule has 0 aliphatic carbocycles. The molecule has 3 aromatic carbocycles. The van der Waals surface area contributed by atoms with E-state index in [9.17, 15) is 19.1 Å². The lowest BCUT2D eigenvalue weighted by molar-refractivity contribution is 0.0698. The Balaban J connectivity index is 1.52. The Morgan fingerprint density at radius 3 is 2.58 bits per heavy atom. The van der Waals surface area contributed by atoms with Gasteiger partial charge in [0, 0.05) is 28.7 Å². The number of benzene rings is 3. The van der Waals surface area contributed by atoms with Gasteiger partial charge in [0.2, 0.25) is 0 Å². The summed E-state index contributed by atoms with van der Waals surface area (Å²) in [6.45, 7) is 0.0570. The third kappa shape index (κ3) is 4.72. The second kappa shape index (κ2) is 9.31. The molecule has 33 heavy (non-hydrogen) atoms. The Morgan fingerprint density at radius 2 is 1.85 bits per heavy atom. The van der Waals surface area contributed by atoms with Crippen LogP contribution in [0, 0.1) is 5.82 Å². The normalized spacial score (nSPS) is 10.6. The molecule has 0 bridgehead atoms. The van der Waals surface area contributed by atoms with Crippen LogP contribution in [-0.2, 0) is 6.54 Å². The molecule has 4 rings (SSSR count). The maximum atomic E-state index is 14.4. The molecular weight excluding hydrogens is 427 g/mol. The van der Waals surface area contributed by atoms with Gasteiger partial charge in [-0.2, -0.15) is 0 Å². The van der Waals surface area contributed by atoms with Crippen LogP contribution < -0.4 is 15.4 Å². The second-order valence-electron chi connectivity index (χ2n) is 7.07. The van der Waals surface area contributed by atoms with Crippen molar-refractivity contribution in [3.05, 3.63) is 89.5 Å². The number of amides is 1. The lowest BCUT2D eigenvalue weighted by Gasteiger charge is -2.12. The number of carboxylic acid groups (broad SMARTS) is 1. The molecule has 0 unspecified atom stereocenters. The van der Waals surface area contributed by atoms with Crippen LogP contribution in [0.1, 0.15) is 26.3 Å². The minimum absolute atomic E-state index is 0.0485. The number of anilines is 2. The molecule has 166 valence electrons. The first-order valence-corrected chi connectivity index (χ1v) is 9.91. The Hall–Kier alpha value is -4.53. The van der Waals surface area contributed by atoms with Crippen LogP contribution in [0.15, 0.2) is 67.0 Å². The number of hydrogen-bond acceptors (Lipinski definition) is 6. The summed E-state index contributed by atoms with van der Waals surface area (Å²) >= 11 is 0. The van der Waals surface area contributed by atoms with Crippen molar-refractivity contribution in [3.63, 3.8) is 0 Å². The van der Waals surface area contributed by atoms with Crippen LogP contribution in [0.5, 0.6) is 5.75 Å². The van der Waals surface area contributed by atoms with E-state index < -0.39 is 11.8 Å².